The normalized spacial score (nSPS) is 16.3. The van der Waals surface area contributed by atoms with Crippen molar-refractivity contribution in [3.63, 3.8) is 0 Å². The lowest BCUT2D eigenvalue weighted by atomic mass is 9.69. The molecule has 2 aromatic rings. The van der Waals surface area contributed by atoms with Crippen molar-refractivity contribution >= 4 is 15.9 Å². The lowest BCUT2D eigenvalue weighted by Crippen LogP contribution is -2.58. The van der Waals surface area contributed by atoms with E-state index >= 15 is 0 Å². The van der Waals surface area contributed by atoms with Gasteiger partial charge < -0.3 is 10.1 Å². The third-order valence-corrected chi connectivity index (χ3v) is 5.20. The number of ether oxygens (including phenoxy) is 1. The summed E-state index contributed by atoms with van der Waals surface area (Å²) < 4.78 is 6.52. The van der Waals surface area contributed by atoms with Crippen molar-refractivity contribution in [1.29, 1.82) is 0 Å². The zero-order chi connectivity index (χ0) is 14.9. The Balaban J connectivity index is 1.97. The first kappa shape index (κ1) is 14.6. The van der Waals surface area contributed by atoms with Crippen LogP contribution in [0, 0.1) is 6.92 Å². The lowest BCUT2D eigenvalue weighted by Gasteiger charge is -2.44. The molecule has 1 fully saturated rings. The van der Waals surface area contributed by atoms with Gasteiger partial charge in [-0.15, -0.1) is 0 Å². The maximum Gasteiger partial charge on any atom is 0.119 e. The number of hydrogen-bond acceptors (Lipinski definition) is 2. The van der Waals surface area contributed by atoms with Crippen molar-refractivity contribution in [2.24, 2.45) is 0 Å². The maximum absolute atomic E-state index is 5.37. The summed E-state index contributed by atoms with van der Waals surface area (Å²) in [6.07, 6.45) is 1.02. The highest BCUT2D eigenvalue weighted by Gasteiger charge is 2.39. The molecule has 21 heavy (non-hydrogen) atoms. The van der Waals surface area contributed by atoms with E-state index in [0.717, 1.165) is 29.7 Å². The topological polar surface area (TPSA) is 21.3 Å². The first-order chi connectivity index (χ1) is 10.1. The van der Waals surface area contributed by atoms with Crippen LogP contribution < -0.4 is 10.1 Å². The SMILES string of the molecule is COc1ccc(Br)c(CC2(c3ccccc3C)CNC2)c1. The van der Waals surface area contributed by atoms with Gasteiger partial charge in [0.2, 0.25) is 0 Å². The molecule has 0 aliphatic carbocycles. The van der Waals surface area contributed by atoms with Gasteiger partial charge in [0.05, 0.1) is 7.11 Å². The van der Waals surface area contributed by atoms with Crippen LogP contribution in [0.1, 0.15) is 16.7 Å². The quantitative estimate of drug-likeness (QED) is 0.908. The van der Waals surface area contributed by atoms with Crippen molar-refractivity contribution in [2.45, 2.75) is 18.8 Å². The Morgan fingerprint density at radius 3 is 2.57 bits per heavy atom. The monoisotopic (exact) mass is 345 g/mol. The minimum Gasteiger partial charge on any atom is -0.497 e. The fourth-order valence-electron chi connectivity index (χ4n) is 3.18. The molecule has 0 unspecified atom stereocenters. The third-order valence-electron chi connectivity index (χ3n) is 4.42. The minimum atomic E-state index is 0.195. The van der Waals surface area contributed by atoms with Gasteiger partial charge in [-0.3, -0.25) is 0 Å². The fraction of sp³-hybridized carbons (Fsp3) is 0.333. The molecule has 1 aliphatic rings. The maximum atomic E-state index is 5.37. The number of halogens is 1. The van der Waals surface area contributed by atoms with Crippen LogP contribution in [-0.4, -0.2) is 20.2 Å². The number of rotatable bonds is 4. The largest absolute Gasteiger partial charge is 0.497 e. The van der Waals surface area contributed by atoms with E-state index in [0.29, 0.717) is 0 Å². The first-order valence-corrected chi connectivity index (χ1v) is 8.03. The Labute approximate surface area is 134 Å². The molecule has 1 saturated heterocycles. The van der Waals surface area contributed by atoms with Crippen LogP contribution in [0.15, 0.2) is 46.9 Å². The van der Waals surface area contributed by atoms with Crippen LogP contribution in [0.4, 0.5) is 0 Å². The van der Waals surface area contributed by atoms with Gasteiger partial charge in [0, 0.05) is 23.0 Å². The van der Waals surface area contributed by atoms with Crippen LogP contribution >= 0.6 is 15.9 Å². The number of hydrogen-bond donors (Lipinski definition) is 1. The van der Waals surface area contributed by atoms with E-state index in [1.807, 2.05) is 6.07 Å². The summed E-state index contributed by atoms with van der Waals surface area (Å²) >= 11 is 3.68. The molecule has 0 atom stereocenters. The molecule has 1 N–H and O–H groups in total. The van der Waals surface area contributed by atoms with Crippen molar-refractivity contribution in [3.8, 4) is 5.75 Å². The lowest BCUT2D eigenvalue weighted by molar-refractivity contribution is 0.273. The van der Waals surface area contributed by atoms with E-state index in [1.165, 1.54) is 16.7 Å². The van der Waals surface area contributed by atoms with Gasteiger partial charge in [0.15, 0.2) is 0 Å². The molecular weight excluding hydrogens is 326 g/mol. The molecule has 0 radical (unpaired) electrons. The van der Waals surface area contributed by atoms with E-state index in [2.05, 4.69) is 64.6 Å². The Hall–Kier alpha value is -1.32. The summed E-state index contributed by atoms with van der Waals surface area (Å²) in [5, 5.41) is 3.45. The second-order valence-corrected chi connectivity index (χ2v) is 6.69. The Bertz CT molecular complexity index is 649. The molecule has 2 aromatic carbocycles. The van der Waals surface area contributed by atoms with Gasteiger partial charge in [-0.25, -0.2) is 0 Å². The second-order valence-electron chi connectivity index (χ2n) is 5.83. The van der Waals surface area contributed by atoms with E-state index < -0.39 is 0 Å². The first-order valence-electron chi connectivity index (χ1n) is 7.24. The number of aryl methyl sites for hydroxylation is 1. The number of methoxy groups -OCH3 is 1. The average molecular weight is 346 g/mol. The molecule has 0 spiro atoms. The van der Waals surface area contributed by atoms with Crippen LogP contribution in [0.3, 0.4) is 0 Å². The van der Waals surface area contributed by atoms with Crippen LogP contribution in [0.5, 0.6) is 5.75 Å². The highest BCUT2D eigenvalue weighted by molar-refractivity contribution is 9.10. The molecule has 110 valence electrons. The van der Waals surface area contributed by atoms with Gasteiger partial charge in [-0.05, 0) is 48.2 Å². The van der Waals surface area contributed by atoms with Gasteiger partial charge in [-0.2, -0.15) is 0 Å². The highest BCUT2D eigenvalue weighted by Crippen LogP contribution is 2.37. The molecule has 0 amide bonds. The van der Waals surface area contributed by atoms with Crippen LogP contribution in [0.2, 0.25) is 0 Å². The highest BCUT2D eigenvalue weighted by atomic mass is 79.9. The Kier molecular flexibility index (Phi) is 4.05. The van der Waals surface area contributed by atoms with Crippen molar-refractivity contribution < 1.29 is 4.74 Å². The average Bonchev–Trinajstić information content (AvgIpc) is 2.46. The van der Waals surface area contributed by atoms with Gasteiger partial charge in [0.1, 0.15) is 5.75 Å². The third kappa shape index (κ3) is 2.72. The molecule has 0 aromatic heterocycles. The van der Waals surface area contributed by atoms with Gasteiger partial charge in [-0.1, -0.05) is 40.2 Å². The van der Waals surface area contributed by atoms with Crippen molar-refractivity contribution in [3.05, 3.63) is 63.6 Å². The molecule has 1 aliphatic heterocycles. The molecule has 2 nitrogen and oxygen atoms in total. The van der Waals surface area contributed by atoms with Crippen LogP contribution in [0.25, 0.3) is 0 Å². The standard InChI is InChI=1S/C18H20BrNO/c1-13-5-3-4-6-16(13)18(11-20-12-18)10-14-9-15(21-2)7-8-17(14)19/h3-9,20H,10-12H2,1-2H3. The van der Waals surface area contributed by atoms with Gasteiger partial charge >= 0.3 is 0 Å². The second kappa shape index (κ2) is 5.82. The number of benzene rings is 2. The summed E-state index contributed by atoms with van der Waals surface area (Å²) in [6.45, 7) is 4.26. The molecule has 0 saturated carbocycles. The summed E-state index contributed by atoms with van der Waals surface area (Å²) in [5.41, 5.74) is 4.33. The molecule has 3 rings (SSSR count). The molecule has 3 heteroatoms. The summed E-state index contributed by atoms with van der Waals surface area (Å²) in [5.74, 6) is 0.917. The Morgan fingerprint density at radius 1 is 1.19 bits per heavy atom. The van der Waals surface area contributed by atoms with E-state index in [-0.39, 0.29) is 5.41 Å². The fourth-order valence-corrected chi connectivity index (χ4v) is 3.57. The van der Waals surface area contributed by atoms with Gasteiger partial charge in [0.25, 0.3) is 0 Å². The summed E-state index contributed by atoms with van der Waals surface area (Å²) in [4.78, 5) is 0. The molecule has 1 heterocycles. The van der Waals surface area contributed by atoms with Crippen LogP contribution in [-0.2, 0) is 11.8 Å². The predicted molar refractivity (Wildman–Crippen MR) is 90.1 cm³/mol. The predicted octanol–water partition coefficient (Wildman–Crippen LogP) is 3.85. The Morgan fingerprint density at radius 2 is 1.95 bits per heavy atom. The molecule has 0 bridgehead atoms. The summed E-state index contributed by atoms with van der Waals surface area (Å²) in [6, 6.07) is 14.9. The van der Waals surface area contributed by atoms with E-state index in [9.17, 15) is 0 Å². The zero-order valence-corrected chi connectivity index (χ0v) is 14.0. The number of nitrogens with one attached hydrogen (secondary N) is 1. The summed E-state index contributed by atoms with van der Waals surface area (Å²) in [7, 11) is 1.72. The van der Waals surface area contributed by atoms with Crippen molar-refractivity contribution in [1.82, 2.24) is 5.32 Å². The molecular formula is C18H20BrNO. The minimum absolute atomic E-state index is 0.195. The smallest absolute Gasteiger partial charge is 0.119 e. The van der Waals surface area contributed by atoms with E-state index in [4.69, 9.17) is 4.74 Å². The van der Waals surface area contributed by atoms with E-state index in [1.54, 1.807) is 7.11 Å². The van der Waals surface area contributed by atoms with Crippen molar-refractivity contribution in [2.75, 3.05) is 20.2 Å². The zero-order valence-electron chi connectivity index (χ0n) is 12.4.